The van der Waals surface area contributed by atoms with Crippen molar-refractivity contribution in [3.8, 4) is 0 Å². The average molecular weight is 352 g/mol. The van der Waals surface area contributed by atoms with Crippen LogP contribution >= 0.6 is 0 Å². The Morgan fingerprint density at radius 3 is 2.40 bits per heavy atom. The normalized spacial score (nSPS) is 17.8. The Bertz CT molecular complexity index is 464. The number of unbranched alkanes of at least 4 members (excludes halogenated alkanes) is 4. The van der Waals surface area contributed by atoms with Crippen LogP contribution in [0, 0.1) is 0 Å². The van der Waals surface area contributed by atoms with Crippen molar-refractivity contribution < 1.29 is 19.1 Å². The molecule has 0 aromatic heterocycles. The van der Waals surface area contributed by atoms with Crippen molar-refractivity contribution in [3.05, 3.63) is 12.7 Å². The van der Waals surface area contributed by atoms with Crippen molar-refractivity contribution in [3.63, 3.8) is 0 Å². The lowest BCUT2D eigenvalue weighted by atomic mass is 10.0. The lowest BCUT2D eigenvalue weighted by Gasteiger charge is -2.40. The summed E-state index contributed by atoms with van der Waals surface area (Å²) in [7, 11) is 0. The molecule has 25 heavy (non-hydrogen) atoms. The summed E-state index contributed by atoms with van der Waals surface area (Å²) in [6, 6.07) is -0.739. The molecule has 1 atom stereocenters. The fraction of sp³-hybridized carbons (Fsp3) is 0.737. The van der Waals surface area contributed by atoms with Crippen molar-refractivity contribution in [2.24, 2.45) is 0 Å². The van der Waals surface area contributed by atoms with E-state index in [-0.39, 0.29) is 31.4 Å². The Morgan fingerprint density at radius 1 is 1.16 bits per heavy atom. The second kappa shape index (κ2) is 11.7. The number of ether oxygens (including phenoxy) is 1. The number of rotatable bonds is 12. The van der Waals surface area contributed by atoms with E-state index in [1.807, 2.05) is 0 Å². The molecule has 1 aliphatic heterocycles. The van der Waals surface area contributed by atoms with Crippen LogP contribution in [0.25, 0.3) is 0 Å². The van der Waals surface area contributed by atoms with Gasteiger partial charge in [0, 0.05) is 13.1 Å². The molecule has 6 nitrogen and oxygen atoms in total. The highest BCUT2D eigenvalue weighted by molar-refractivity contribution is 5.96. The van der Waals surface area contributed by atoms with E-state index >= 15 is 0 Å². The molecular formula is C19H32N2O4. The number of nitrogens with zero attached hydrogens (tertiary/aromatic N) is 2. The van der Waals surface area contributed by atoms with Gasteiger partial charge in [0.1, 0.15) is 12.6 Å². The first-order valence-electron chi connectivity index (χ1n) is 9.39. The van der Waals surface area contributed by atoms with Gasteiger partial charge in [-0.1, -0.05) is 52.2 Å². The molecule has 0 spiro atoms. The minimum absolute atomic E-state index is 0.0753. The van der Waals surface area contributed by atoms with Gasteiger partial charge in [0.05, 0.1) is 13.0 Å². The van der Waals surface area contributed by atoms with E-state index in [9.17, 15) is 14.4 Å². The second-order valence-corrected chi connectivity index (χ2v) is 6.45. The van der Waals surface area contributed by atoms with Crippen LogP contribution in [0.2, 0.25) is 0 Å². The van der Waals surface area contributed by atoms with Gasteiger partial charge >= 0.3 is 5.97 Å². The van der Waals surface area contributed by atoms with E-state index in [1.165, 1.54) is 6.08 Å². The van der Waals surface area contributed by atoms with Gasteiger partial charge in [-0.3, -0.25) is 14.4 Å². The standard InChI is InChI=1S/C19H32N2O4/c1-4-7-9-11-20-15-17(22)21(12-10-8-5-2)16(19(20)24)14-18(23)25-13-6-3/h6,16H,3-5,7-15H2,1-2H3/t16-/m0/s1. The van der Waals surface area contributed by atoms with Crippen molar-refractivity contribution in [1.82, 2.24) is 9.80 Å². The van der Waals surface area contributed by atoms with Crippen molar-refractivity contribution in [2.75, 3.05) is 26.2 Å². The van der Waals surface area contributed by atoms with E-state index in [0.717, 1.165) is 38.5 Å². The van der Waals surface area contributed by atoms with Gasteiger partial charge in [0.25, 0.3) is 0 Å². The summed E-state index contributed by atoms with van der Waals surface area (Å²) in [5, 5.41) is 0. The number of hydrogen-bond acceptors (Lipinski definition) is 4. The van der Waals surface area contributed by atoms with Crippen LogP contribution < -0.4 is 0 Å². The highest BCUT2D eigenvalue weighted by atomic mass is 16.5. The molecule has 142 valence electrons. The summed E-state index contributed by atoms with van der Waals surface area (Å²) in [6.45, 7) is 9.00. The van der Waals surface area contributed by atoms with E-state index < -0.39 is 12.0 Å². The topological polar surface area (TPSA) is 66.9 Å². The van der Waals surface area contributed by atoms with Crippen LogP contribution in [0.4, 0.5) is 0 Å². The van der Waals surface area contributed by atoms with Crippen LogP contribution in [0.15, 0.2) is 12.7 Å². The second-order valence-electron chi connectivity index (χ2n) is 6.45. The Morgan fingerprint density at radius 2 is 1.80 bits per heavy atom. The maximum atomic E-state index is 12.8. The van der Waals surface area contributed by atoms with Crippen molar-refractivity contribution in [1.29, 1.82) is 0 Å². The summed E-state index contributed by atoms with van der Waals surface area (Å²) >= 11 is 0. The summed E-state index contributed by atoms with van der Waals surface area (Å²) < 4.78 is 5.02. The molecule has 1 heterocycles. The smallest absolute Gasteiger partial charge is 0.308 e. The lowest BCUT2D eigenvalue weighted by Crippen LogP contribution is -2.60. The molecule has 0 saturated carbocycles. The van der Waals surface area contributed by atoms with Gasteiger partial charge in [-0.15, -0.1) is 0 Å². The van der Waals surface area contributed by atoms with Gasteiger partial charge in [-0.05, 0) is 12.8 Å². The first-order valence-corrected chi connectivity index (χ1v) is 9.39. The van der Waals surface area contributed by atoms with Gasteiger partial charge in [-0.25, -0.2) is 0 Å². The first-order chi connectivity index (χ1) is 12.0. The molecule has 1 aliphatic rings. The zero-order valence-electron chi connectivity index (χ0n) is 15.7. The van der Waals surface area contributed by atoms with Crippen LogP contribution in [0.3, 0.4) is 0 Å². The number of esters is 1. The highest BCUT2D eigenvalue weighted by Crippen LogP contribution is 2.18. The SMILES string of the molecule is C=CCOC(=O)C[C@H]1C(=O)N(CCCCC)CC(=O)N1CCCCC. The third kappa shape index (κ3) is 6.88. The molecule has 2 amide bonds. The Kier molecular flexibility index (Phi) is 9.88. The summed E-state index contributed by atoms with van der Waals surface area (Å²) in [5.74, 6) is -0.682. The van der Waals surface area contributed by atoms with E-state index in [2.05, 4.69) is 20.4 Å². The molecule has 0 N–H and O–H groups in total. The lowest BCUT2D eigenvalue weighted by molar-refractivity contribution is -0.160. The molecule has 0 radical (unpaired) electrons. The fourth-order valence-corrected chi connectivity index (χ4v) is 2.97. The largest absolute Gasteiger partial charge is 0.461 e. The van der Waals surface area contributed by atoms with Crippen molar-refractivity contribution >= 4 is 17.8 Å². The van der Waals surface area contributed by atoms with Gasteiger partial charge in [0.15, 0.2) is 0 Å². The quantitative estimate of drug-likeness (QED) is 0.307. The first kappa shape index (κ1) is 21.2. The monoisotopic (exact) mass is 352 g/mol. The summed E-state index contributed by atoms with van der Waals surface area (Å²) in [6.07, 6.45) is 7.21. The molecule has 0 aliphatic carbocycles. The van der Waals surface area contributed by atoms with Crippen LogP contribution in [-0.4, -0.2) is 59.9 Å². The fourth-order valence-electron chi connectivity index (χ4n) is 2.97. The molecule has 0 bridgehead atoms. The molecular weight excluding hydrogens is 320 g/mol. The van der Waals surface area contributed by atoms with E-state index in [4.69, 9.17) is 4.74 Å². The maximum absolute atomic E-state index is 12.8. The predicted molar refractivity (Wildman–Crippen MR) is 96.9 cm³/mol. The van der Waals surface area contributed by atoms with Crippen LogP contribution in [0.5, 0.6) is 0 Å². The van der Waals surface area contributed by atoms with Crippen LogP contribution in [-0.2, 0) is 19.1 Å². The Balaban J connectivity index is 2.80. The Labute approximate surface area is 151 Å². The van der Waals surface area contributed by atoms with Gasteiger partial charge < -0.3 is 14.5 Å². The number of piperazine rings is 1. The zero-order chi connectivity index (χ0) is 18.7. The minimum Gasteiger partial charge on any atom is -0.461 e. The number of carbonyl (C=O) groups is 3. The van der Waals surface area contributed by atoms with Crippen molar-refractivity contribution in [2.45, 2.75) is 64.8 Å². The minimum atomic E-state index is -0.739. The molecule has 6 heteroatoms. The molecule has 1 saturated heterocycles. The number of carbonyl (C=O) groups excluding carboxylic acids is 3. The predicted octanol–water partition coefficient (Wildman–Crippen LogP) is 2.53. The summed E-state index contributed by atoms with van der Waals surface area (Å²) in [5.41, 5.74) is 0. The van der Waals surface area contributed by atoms with Gasteiger partial charge in [-0.2, -0.15) is 0 Å². The average Bonchev–Trinajstić information content (AvgIpc) is 2.59. The third-order valence-electron chi connectivity index (χ3n) is 4.38. The van der Waals surface area contributed by atoms with Gasteiger partial charge in [0.2, 0.25) is 11.8 Å². The molecule has 1 rings (SSSR count). The van der Waals surface area contributed by atoms with Crippen LogP contribution in [0.1, 0.15) is 58.8 Å². The number of hydrogen-bond donors (Lipinski definition) is 0. The molecule has 0 aromatic rings. The highest BCUT2D eigenvalue weighted by Gasteiger charge is 2.40. The maximum Gasteiger partial charge on any atom is 0.308 e. The van der Waals surface area contributed by atoms with E-state index in [0.29, 0.717) is 13.1 Å². The summed E-state index contributed by atoms with van der Waals surface area (Å²) in [4.78, 5) is 40.5. The molecule has 0 aromatic carbocycles. The van der Waals surface area contributed by atoms with E-state index in [1.54, 1.807) is 9.80 Å². The molecule has 0 unspecified atom stereocenters. The zero-order valence-corrected chi connectivity index (χ0v) is 15.7. The third-order valence-corrected chi connectivity index (χ3v) is 4.38. The molecule has 1 fully saturated rings. The number of amides is 2. The Hall–Kier alpha value is -1.85.